The summed E-state index contributed by atoms with van der Waals surface area (Å²) in [6.45, 7) is 3.54. The summed E-state index contributed by atoms with van der Waals surface area (Å²) >= 11 is 0. The third-order valence-corrected chi connectivity index (χ3v) is 1.28. The third-order valence-electron chi connectivity index (χ3n) is 0.729. The molecule has 7 heteroatoms. The molecule has 0 heterocycles. The molecule has 0 rings (SSSR count). The van der Waals surface area contributed by atoms with E-state index in [9.17, 15) is 8.42 Å². The highest BCUT2D eigenvalue weighted by molar-refractivity contribution is 7.87. The largest absolute Gasteiger partial charge is 0.324 e. The lowest BCUT2D eigenvalue weighted by atomic mass is 10.1. The molecule has 0 aliphatic heterocycles. The predicted octanol–water partition coefficient (Wildman–Crippen LogP) is -1.06. The fourth-order valence-corrected chi connectivity index (χ4v) is 0.860. The van der Waals surface area contributed by atoms with Gasteiger partial charge in [0.05, 0.1) is 0 Å². The first-order chi connectivity index (χ1) is 4.21. The van der Waals surface area contributed by atoms with Crippen LogP contribution in [0.15, 0.2) is 0 Å². The van der Waals surface area contributed by atoms with Crippen LogP contribution >= 0.6 is 12.4 Å². The molecule has 0 amide bonds. The van der Waals surface area contributed by atoms with Gasteiger partial charge in [0.2, 0.25) is 0 Å². The molecular weight excluding hydrogens is 190 g/mol. The van der Waals surface area contributed by atoms with Gasteiger partial charge in [-0.25, -0.2) is 9.86 Å². The van der Waals surface area contributed by atoms with E-state index in [1.54, 1.807) is 13.8 Å². The molecule has 0 fully saturated rings. The Kier molecular flexibility index (Phi) is 5.26. The summed E-state index contributed by atoms with van der Waals surface area (Å²) in [7, 11) is -3.59. The van der Waals surface area contributed by atoms with Gasteiger partial charge in [0.25, 0.3) is 10.2 Å². The maximum atomic E-state index is 10.3. The monoisotopic (exact) mass is 203 g/mol. The van der Waals surface area contributed by atoms with E-state index in [2.05, 4.69) is 9.86 Å². The lowest BCUT2D eigenvalue weighted by Crippen LogP contribution is -2.46. The lowest BCUT2D eigenvalue weighted by molar-refractivity contribution is 0.498. The second-order valence-corrected chi connectivity index (χ2v) is 4.23. The van der Waals surface area contributed by atoms with E-state index in [4.69, 9.17) is 5.73 Å². The minimum Gasteiger partial charge on any atom is -0.324 e. The van der Waals surface area contributed by atoms with Gasteiger partial charge in [-0.05, 0) is 13.8 Å². The summed E-state index contributed by atoms with van der Waals surface area (Å²) in [6, 6.07) is 0. The zero-order chi connectivity index (χ0) is 8.41. The minimum absolute atomic E-state index is 0. The van der Waals surface area contributed by atoms with Gasteiger partial charge in [0, 0.05) is 12.1 Å². The van der Waals surface area contributed by atoms with Crippen molar-refractivity contribution in [3.63, 3.8) is 0 Å². The van der Waals surface area contributed by atoms with Crippen LogP contribution in [0.25, 0.3) is 0 Å². The van der Waals surface area contributed by atoms with Crippen molar-refractivity contribution in [1.82, 2.24) is 4.72 Å². The van der Waals surface area contributed by atoms with Crippen LogP contribution in [-0.2, 0) is 10.2 Å². The smallest absolute Gasteiger partial charge is 0.274 e. The standard InChI is InChI=1S/C4H13N3O2S.ClH/c1-4(2,5)3-7-10(6,8)9;/h7H,3,5H2,1-2H3,(H2,6,8,9);1H. The highest BCUT2D eigenvalue weighted by Crippen LogP contribution is 1.92. The molecular formula is C4H14ClN3O2S. The van der Waals surface area contributed by atoms with E-state index in [-0.39, 0.29) is 19.0 Å². The Morgan fingerprint density at radius 2 is 1.82 bits per heavy atom. The van der Waals surface area contributed by atoms with E-state index in [0.29, 0.717) is 0 Å². The molecule has 0 spiro atoms. The van der Waals surface area contributed by atoms with Crippen molar-refractivity contribution in [2.24, 2.45) is 10.9 Å². The van der Waals surface area contributed by atoms with Crippen LogP contribution in [0.3, 0.4) is 0 Å². The summed E-state index contributed by atoms with van der Waals surface area (Å²) in [5.74, 6) is 0. The van der Waals surface area contributed by atoms with Gasteiger partial charge < -0.3 is 5.73 Å². The highest BCUT2D eigenvalue weighted by Gasteiger charge is 2.12. The van der Waals surface area contributed by atoms with Gasteiger partial charge in [-0.2, -0.15) is 8.42 Å². The highest BCUT2D eigenvalue weighted by atomic mass is 35.5. The molecule has 0 radical (unpaired) electrons. The Hall–Kier alpha value is 0.120. The zero-order valence-corrected chi connectivity index (χ0v) is 8.13. The van der Waals surface area contributed by atoms with Crippen molar-refractivity contribution < 1.29 is 8.42 Å². The maximum Gasteiger partial charge on any atom is 0.274 e. The molecule has 70 valence electrons. The fraction of sp³-hybridized carbons (Fsp3) is 1.00. The molecule has 0 aromatic rings. The van der Waals surface area contributed by atoms with Crippen LogP contribution in [-0.4, -0.2) is 20.5 Å². The Balaban J connectivity index is 0. The van der Waals surface area contributed by atoms with E-state index >= 15 is 0 Å². The molecule has 0 aromatic heterocycles. The molecule has 0 bridgehead atoms. The summed E-state index contributed by atoms with van der Waals surface area (Å²) in [4.78, 5) is 0. The van der Waals surface area contributed by atoms with E-state index in [1.807, 2.05) is 0 Å². The Morgan fingerprint density at radius 3 is 1.91 bits per heavy atom. The number of nitrogens with two attached hydrogens (primary N) is 2. The SMILES string of the molecule is CC(C)(N)CNS(N)(=O)=O.Cl. The van der Waals surface area contributed by atoms with Gasteiger partial charge in [0.15, 0.2) is 0 Å². The minimum atomic E-state index is -3.59. The normalized spacial score (nSPS) is 12.4. The molecule has 0 aromatic carbocycles. The average molecular weight is 204 g/mol. The quantitative estimate of drug-likeness (QED) is 0.545. The Bertz CT molecular complexity index is 196. The lowest BCUT2D eigenvalue weighted by Gasteiger charge is -2.17. The number of hydrogen-bond acceptors (Lipinski definition) is 3. The van der Waals surface area contributed by atoms with Crippen LogP contribution in [0.2, 0.25) is 0 Å². The summed E-state index contributed by atoms with van der Waals surface area (Å²) in [5, 5.41) is 4.65. The van der Waals surface area contributed by atoms with Crippen LogP contribution in [0.1, 0.15) is 13.8 Å². The van der Waals surface area contributed by atoms with Crippen LogP contribution < -0.4 is 15.6 Å². The molecule has 5 nitrogen and oxygen atoms in total. The predicted molar refractivity (Wildman–Crippen MR) is 46.6 cm³/mol. The second-order valence-electron chi connectivity index (χ2n) is 2.85. The van der Waals surface area contributed by atoms with Gasteiger partial charge in [-0.1, -0.05) is 0 Å². The summed E-state index contributed by atoms with van der Waals surface area (Å²) in [5.41, 5.74) is 4.90. The zero-order valence-electron chi connectivity index (χ0n) is 6.49. The maximum absolute atomic E-state index is 10.3. The van der Waals surface area contributed by atoms with Crippen molar-refractivity contribution in [2.45, 2.75) is 19.4 Å². The first-order valence-corrected chi connectivity index (χ1v) is 4.32. The molecule has 0 saturated heterocycles. The number of halogens is 1. The molecule has 5 N–H and O–H groups in total. The molecule has 0 unspecified atom stereocenters. The van der Waals surface area contributed by atoms with Crippen molar-refractivity contribution in [1.29, 1.82) is 0 Å². The van der Waals surface area contributed by atoms with Crippen LogP contribution in [0, 0.1) is 0 Å². The molecule has 0 aliphatic carbocycles. The van der Waals surface area contributed by atoms with E-state index in [1.165, 1.54) is 0 Å². The van der Waals surface area contributed by atoms with Crippen molar-refractivity contribution in [3.05, 3.63) is 0 Å². The van der Waals surface area contributed by atoms with Crippen LogP contribution in [0.4, 0.5) is 0 Å². The van der Waals surface area contributed by atoms with Gasteiger partial charge in [0.1, 0.15) is 0 Å². The molecule has 0 atom stereocenters. The first-order valence-electron chi connectivity index (χ1n) is 2.77. The Morgan fingerprint density at radius 1 is 1.45 bits per heavy atom. The van der Waals surface area contributed by atoms with Crippen molar-refractivity contribution in [2.75, 3.05) is 6.54 Å². The number of hydrogen-bond donors (Lipinski definition) is 3. The number of nitrogens with one attached hydrogen (secondary N) is 1. The second kappa shape index (κ2) is 4.22. The Labute approximate surface area is 73.1 Å². The summed E-state index contributed by atoms with van der Waals surface area (Å²) < 4.78 is 22.7. The van der Waals surface area contributed by atoms with Crippen molar-refractivity contribution in [3.8, 4) is 0 Å². The van der Waals surface area contributed by atoms with E-state index in [0.717, 1.165) is 0 Å². The van der Waals surface area contributed by atoms with Crippen LogP contribution in [0.5, 0.6) is 0 Å². The molecule has 0 saturated carbocycles. The third kappa shape index (κ3) is 13.2. The summed E-state index contributed by atoms with van der Waals surface area (Å²) in [6.07, 6.45) is 0. The van der Waals surface area contributed by atoms with Gasteiger partial charge in [-0.3, -0.25) is 0 Å². The molecule has 11 heavy (non-hydrogen) atoms. The first kappa shape index (κ1) is 13.7. The van der Waals surface area contributed by atoms with Gasteiger partial charge in [-0.15, -0.1) is 12.4 Å². The number of rotatable bonds is 3. The molecule has 0 aliphatic rings. The van der Waals surface area contributed by atoms with E-state index < -0.39 is 15.7 Å². The average Bonchev–Trinajstić information content (AvgIpc) is 1.57. The fourth-order valence-electron chi connectivity index (χ4n) is 0.287. The topological polar surface area (TPSA) is 98.2 Å². The van der Waals surface area contributed by atoms with Crippen molar-refractivity contribution >= 4 is 22.6 Å². The van der Waals surface area contributed by atoms with Gasteiger partial charge >= 0.3 is 0 Å².